The normalized spacial score (nSPS) is 10.3. The number of hydrogen-bond acceptors (Lipinski definition) is 2. The van der Waals surface area contributed by atoms with Gasteiger partial charge in [-0.1, -0.05) is 45.2 Å². The number of ether oxygens (including phenoxy) is 1. The van der Waals surface area contributed by atoms with E-state index in [9.17, 15) is 0 Å². The SMILES string of the molecule is COc1ccc(Cl)c(NCc2ccc(Br)cc2Cl)c1. The quantitative estimate of drug-likeness (QED) is 0.790. The van der Waals surface area contributed by atoms with Crippen LogP contribution < -0.4 is 10.1 Å². The summed E-state index contributed by atoms with van der Waals surface area (Å²) in [6.45, 7) is 0.596. The lowest BCUT2D eigenvalue weighted by atomic mass is 10.2. The second-order valence-corrected chi connectivity index (χ2v) is 5.67. The van der Waals surface area contributed by atoms with Crippen molar-refractivity contribution >= 4 is 44.8 Å². The highest BCUT2D eigenvalue weighted by Gasteiger charge is 2.05. The van der Waals surface area contributed by atoms with E-state index in [-0.39, 0.29) is 0 Å². The third kappa shape index (κ3) is 3.78. The van der Waals surface area contributed by atoms with Crippen LogP contribution in [-0.2, 0) is 6.54 Å². The van der Waals surface area contributed by atoms with Crippen LogP contribution in [0.3, 0.4) is 0 Å². The van der Waals surface area contributed by atoms with Gasteiger partial charge in [-0.2, -0.15) is 0 Å². The van der Waals surface area contributed by atoms with Crippen LogP contribution >= 0.6 is 39.1 Å². The number of hydrogen-bond donors (Lipinski definition) is 1. The lowest BCUT2D eigenvalue weighted by molar-refractivity contribution is 0.415. The maximum absolute atomic E-state index is 6.17. The summed E-state index contributed by atoms with van der Waals surface area (Å²) in [5.74, 6) is 0.758. The summed E-state index contributed by atoms with van der Waals surface area (Å²) in [6, 6.07) is 11.3. The van der Waals surface area contributed by atoms with Gasteiger partial charge in [0.25, 0.3) is 0 Å². The summed E-state index contributed by atoms with van der Waals surface area (Å²) < 4.78 is 6.13. The number of rotatable bonds is 4. The predicted octanol–water partition coefficient (Wildman–Crippen LogP) is 5.38. The van der Waals surface area contributed by atoms with Crippen molar-refractivity contribution in [2.45, 2.75) is 6.54 Å². The number of nitrogens with one attached hydrogen (secondary N) is 1. The Bertz CT molecular complexity index is 590. The van der Waals surface area contributed by atoms with Crippen LogP contribution in [0.5, 0.6) is 5.75 Å². The molecule has 0 aromatic heterocycles. The Kier molecular flexibility index (Phi) is 4.97. The average Bonchev–Trinajstić information content (AvgIpc) is 2.39. The van der Waals surface area contributed by atoms with Crippen LogP contribution in [0.2, 0.25) is 10.0 Å². The molecular formula is C14H12BrCl2NO. The van der Waals surface area contributed by atoms with Gasteiger partial charge in [0.1, 0.15) is 5.75 Å². The van der Waals surface area contributed by atoms with Crippen molar-refractivity contribution < 1.29 is 4.74 Å². The van der Waals surface area contributed by atoms with Crippen molar-refractivity contribution in [3.05, 3.63) is 56.5 Å². The molecule has 0 radical (unpaired) electrons. The Labute approximate surface area is 130 Å². The highest BCUT2D eigenvalue weighted by atomic mass is 79.9. The smallest absolute Gasteiger partial charge is 0.121 e. The first kappa shape index (κ1) is 14.5. The fraction of sp³-hybridized carbons (Fsp3) is 0.143. The minimum absolute atomic E-state index is 0.596. The number of benzene rings is 2. The zero-order chi connectivity index (χ0) is 13.8. The standard InChI is InChI=1S/C14H12BrCl2NO/c1-19-11-4-5-12(16)14(7-11)18-8-9-2-3-10(15)6-13(9)17/h2-7,18H,8H2,1H3. The Balaban J connectivity index is 2.14. The van der Waals surface area contributed by atoms with Gasteiger partial charge in [-0.05, 0) is 29.8 Å². The first-order valence-electron chi connectivity index (χ1n) is 5.61. The van der Waals surface area contributed by atoms with E-state index in [4.69, 9.17) is 27.9 Å². The molecule has 2 aromatic rings. The fourth-order valence-corrected chi connectivity index (χ4v) is 2.55. The van der Waals surface area contributed by atoms with Crippen LogP contribution in [-0.4, -0.2) is 7.11 Å². The van der Waals surface area contributed by atoms with Crippen molar-refractivity contribution in [3.63, 3.8) is 0 Å². The molecular weight excluding hydrogens is 349 g/mol. The molecule has 0 aliphatic heterocycles. The summed E-state index contributed by atoms with van der Waals surface area (Å²) in [4.78, 5) is 0. The maximum atomic E-state index is 6.17. The van der Waals surface area contributed by atoms with Crippen LogP contribution in [0.25, 0.3) is 0 Å². The summed E-state index contributed by atoms with van der Waals surface area (Å²) in [5, 5.41) is 4.61. The van der Waals surface area contributed by atoms with E-state index in [1.54, 1.807) is 13.2 Å². The zero-order valence-corrected chi connectivity index (χ0v) is 13.3. The minimum Gasteiger partial charge on any atom is -0.497 e. The van der Waals surface area contributed by atoms with Crippen molar-refractivity contribution in [2.75, 3.05) is 12.4 Å². The summed E-state index contributed by atoms with van der Waals surface area (Å²) in [6.07, 6.45) is 0. The number of methoxy groups -OCH3 is 1. The van der Waals surface area contributed by atoms with E-state index in [2.05, 4.69) is 21.2 Å². The molecule has 0 amide bonds. The van der Waals surface area contributed by atoms with Crippen molar-refractivity contribution in [3.8, 4) is 5.75 Å². The van der Waals surface area contributed by atoms with Gasteiger partial charge in [0, 0.05) is 22.1 Å². The first-order valence-corrected chi connectivity index (χ1v) is 7.16. The lowest BCUT2D eigenvalue weighted by Crippen LogP contribution is -2.01. The van der Waals surface area contributed by atoms with Crippen molar-refractivity contribution in [2.24, 2.45) is 0 Å². The van der Waals surface area contributed by atoms with E-state index in [1.807, 2.05) is 30.3 Å². The molecule has 2 aromatic carbocycles. The minimum atomic E-state index is 0.596. The Hall–Kier alpha value is -0.900. The van der Waals surface area contributed by atoms with Crippen LogP contribution in [0, 0.1) is 0 Å². The van der Waals surface area contributed by atoms with Gasteiger partial charge in [-0.25, -0.2) is 0 Å². The molecule has 2 rings (SSSR count). The molecule has 19 heavy (non-hydrogen) atoms. The molecule has 0 saturated heterocycles. The summed E-state index contributed by atoms with van der Waals surface area (Å²) in [5.41, 5.74) is 1.82. The van der Waals surface area contributed by atoms with Crippen molar-refractivity contribution in [1.82, 2.24) is 0 Å². The van der Waals surface area contributed by atoms with Gasteiger partial charge in [0.2, 0.25) is 0 Å². The monoisotopic (exact) mass is 359 g/mol. The highest BCUT2D eigenvalue weighted by molar-refractivity contribution is 9.10. The molecule has 0 fully saturated rings. The maximum Gasteiger partial charge on any atom is 0.121 e. The molecule has 2 nitrogen and oxygen atoms in total. The van der Waals surface area contributed by atoms with Gasteiger partial charge < -0.3 is 10.1 Å². The molecule has 0 atom stereocenters. The van der Waals surface area contributed by atoms with Crippen LogP contribution in [0.1, 0.15) is 5.56 Å². The Morgan fingerprint density at radius 3 is 2.58 bits per heavy atom. The third-order valence-corrected chi connectivity index (χ3v) is 3.83. The summed E-state index contributed by atoms with van der Waals surface area (Å²) >= 11 is 15.7. The molecule has 5 heteroatoms. The van der Waals surface area contributed by atoms with E-state index >= 15 is 0 Å². The Morgan fingerprint density at radius 1 is 1.11 bits per heavy atom. The second-order valence-electron chi connectivity index (χ2n) is 3.94. The largest absolute Gasteiger partial charge is 0.497 e. The van der Waals surface area contributed by atoms with Gasteiger partial charge in [-0.15, -0.1) is 0 Å². The predicted molar refractivity (Wildman–Crippen MR) is 84.5 cm³/mol. The number of anilines is 1. The van der Waals surface area contributed by atoms with E-state index in [1.165, 1.54) is 0 Å². The molecule has 0 bridgehead atoms. The van der Waals surface area contributed by atoms with E-state index in [0.717, 1.165) is 21.5 Å². The van der Waals surface area contributed by atoms with Gasteiger partial charge in [-0.3, -0.25) is 0 Å². The van der Waals surface area contributed by atoms with Crippen LogP contribution in [0.4, 0.5) is 5.69 Å². The van der Waals surface area contributed by atoms with Gasteiger partial charge in [0.05, 0.1) is 17.8 Å². The molecule has 0 saturated carbocycles. The molecule has 0 spiro atoms. The molecule has 0 aliphatic rings. The molecule has 100 valence electrons. The van der Waals surface area contributed by atoms with Crippen LogP contribution in [0.15, 0.2) is 40.9 Å². The van der Waals surface area contributed by atoms with Crippen molar-refractivity contribution in [1.29, 1.82) is 0 Å². The second kappa shape index (κ2) is 6.51. The number of halogens is 3. The molecule has 1 N–H and O–H groups in total. The van der Waals surface area contributed by atoms with Gasteiger partial charge in [0.15, 0.2) is 0 Å². The lowest BCUT2D eigenvalue weighted by Gasteiger charge is -2.11. The highest BCUT2D eigenvalue weighted by Crippen LogP contribution is 2.28. The fourth-order valence-electron chi connectivity index (χ4n) is 1.62. The molecule has 0 unspecified atom stereocenters. The Morgan fingerprint density at radius 2 is 1.89 bits per heavy atom. The molecule has 0 aliphatic carbocycles. The van der Waals surface area contributed by atoms with Gasteiger partial charge >= 0.3 is 0 Å². The zero-order valence-electron chi connectivity index (χ0n) is 10.2. The first-order chi connectivity index (χ1) is 9.10. The third-order valence-electron chi connectivity index (χ3n) is 2.66. The summed E-state index contributed by atoms with van der Waals surface area (Å²) in [7, 11) is 1.62. The topological polar surface area (TPSA) is 21.3 Å². The van der Waals surface area contributed by atoms with E-state index < -0.39 is 0 Å². The molecule has 0 heterocycles. The van der Waals surface area contributed by atoms with E-state index in [0.29, 0.717) is 16.6 Å². The average molecular weight is 361 g/mol.